The van der Waals surface area contributed by atoms with Crippen LogP contribution in [-0.2, 0) is 4.79 Å². The molecule has 1 aliphatic carbocycles. The second-order valence-electron chi connectivity index (χ2n) is 8.48. The minimum absolute atomic E-state index is 0.169. The number of carbonyl (C=O) groups excluding carboxylic acids is 1. The van der Waals surface area contributed by atoms with Gasteiger partial charge in [0, 0.05) is 37.3 Å². The average Bonchev–Trinajstić information content (AvgIpc) is 3.38. The summed E-state index contributed by atoms with van der Waals surface area (Å²) in [5, 5.41) is 6.93. The number of carbonyl (C=O) groups is 1. The van der Waals surface area contributed by atoms with Crippen molar-refractivity contribution >= 4 is 31.7 Å². The number of nitrogens with zero attached hydrogens (tertiary/aromatic N) is 3. The molecule has 0 saturated carbocycles. The first kappa shape index (κ1) is 21.8. The van der Waals surface area contributed by atoms with Crippen molar-refractivity contribution in [2.24, 2.45) is 22.7 Å². The molecule has 0 spiro atoms. The normalized spacial score (nSPS) is 25.0. The third-order valence-electron chi connectivity index (χ3n) is 6.38. The van der Waals surface area contributed by atoms with E-state index in [0.717, 1.165) is 62.1 Å². The molecule has 3 atom stereocenters. The molecule has 3 N–H and O–H groups in total. The van der Waals surface area contributed by atoms with E-state index in [4.69, 9.17) is 5.73 Å². The number of nitrogens with one attached hydrogen (secondary N) is 1. The van der Waals surface area contributed by atoms with Crippen molar-refractivity contribution < 1.29 is 4.79 Å². The molecule has 0 amide bonds. The minimum Gasteiger partial charge on any atom is -0.381 e. The lowest BCUT2D eigenvalue weighted by Crippen LogP contribution is -2.31. The number of aldehydes is 1. The highest BCUT2D eigenvalue weighted by Crippen LogP contribution is 2.39. The van der Waals surface area contributed by atoms with Gasteiger partial charge in [0.25, 0.3) is 0 Å². The number of anilines is 1. The van der Waals surface area contributed by atoms with Crippen LogP contribution in [0.4, 0.5) is 5.69 Å². The lowest BCUT2D eigenvalue weighted by Gasteiger charge is -2.24. The van der Waals surface area contributed by atoms with Gasteiger partial charge in [0.2, 0.25) is 0 Å². The van der Waals surface area contributed by atoms with Crippen LogP contribution in [0.2, 0.25) is 0 Å². The zero-order valence-electron chi connectivity index (χ0n) is 18.3. The number of nitrogens with two attached hydrogens (primary N) is 1. The average molecular weight is 438 g/mol. The van der Waals surface area contributed by atoms with Gasteiger partial charge >= 0.3 is 0 Å². The molecule has 0 radical (unpaired) electrons. The molecule has 3 aliphatic rings. The van der Waals surface area contributed by atoms with Crippen LogP contribution in [0, 0.1) is 11.8 Å². The first-order valence-corrected chi connectivity index (χ1v) is 12.0. The van der Waals surface area contributed by atoms with Gasteiger partial charge in [-0.25, -0.2) is 0 Å². The first-order valence-electron chi connectivity index (χ1n) is 11.0. The van der Waals surface area contributed by atoms with Gasteiger partial charge in [-0.1, -0.05) is 38.9 Å². The maximum atomic E-state index is 12.2. The Bertz CT molecular complexity index is 934. The summed E-state index contributed by atoms with van der Waals surface area (Å²) < 4.78 is 0. The Morgan fingerprint density at radius 3 is 2.68 bits per heavy atom. The zero-order valence-corrected chi connectivity index (χ0v) is 19.3. The number of rotatable bonds is 7. The van der Waals surface area contributed by atoms with Crippen LogP contribution in [0.3, 0.4) is 0 Å². The van der Waals surface area contributed by atoms with Crippen molar-refractivity contribution in [1.29, 1.82) is 0 Å². The molecule has 7 heteroatoms. The van der Waals surface area contributed by atoms with Crippen molar-refractivity contribution in [3.8, 4) is 0 Å². The van der Waals surface area contributed by atoms with Gasteiger partial charge in [-0.3, -0.25) is 4.79 Å². The van der Waals surface area contributed by atoms with Gasteiger partial charge in [0.15, 0.2) is 5.84 Å². The summed E-state index contributed by atoms with van der Waals surface area (Å²) in [5.41, 5.74) is 11.7. The molecule has 164 valence electrons. The van der Waals surface area contributed by atoms with Crippen LogP contribution in [0.1, 0.15) is 19.3 Å². The van der Waals surface area contributed by atoms with Gasteiger partial charge in [-0.05, 0) is 61.5 Å². The van der Waals surface area contributed by atoms with Crippen LogP contribution in [-0.4, -0.2) is 50.8 Å². The maximum absolute atomic E-state index is 12.2. The quantitative estimate of drug-likeness (QED) is 0.226. The van der Waals surface area contributed by atoms with Gasteiger partial charge in [0.1, 0.15) is 6.29 Å². The van der Waals surface area contributed by atoms with Gasteiger partial charge in [-0.15, -0.1) is 0 Å². The SMILES string of the molecule is CN/N=C(/N)C1=C(C=O)C(C2CCN(C)C2)CN1c1ccc(PC2=CCCC=C2)cc1. The first-order chi connectivity index (χ1) is 15.1. The number of hydrogen-bond donors (Lipinski definition) is 2. The Morgan fingerprint density at radius 1 is 1.26 bits per heavy atom. The van der Waals surface area contributed by atoms with Crippen LogP contribution in [0.15, 0.2) is 64.2 Å². The van der Waals surface area contributed by atoms with Crippen molar-refractivity contribution in [3.05, 3.63) is 59.1 Å². The van der Waals surface area contributed by atoms with E-state index in [2.05, 4.69) is 69.9 Å². The third kappa shape index (κ3) is 4.76. The topological polar surface area (TPSA) is 74.0 Å². The molecule has 1 aromatic carbocycles. The molecule has 6 nitrogen and oxygen atoms in total. The standard InChI is InChI=1S/C24H32N5OP/c1-26-27-24(25)23-22(16-30)21(17-12-13-28(2)14-17)15-29(23)18-8-10-20(11-9-18)31-19-6-4-3-5-7-19/h4,6-11,16-17,21,26,31H,3,5,12-15H2,1-2H3,(H2,25,27). The van der Waals surface area contributed by atoms with Gasteiger partial charge in [-0.2, -0.15) is 5.10 Å². The number of allylic oxidation sites excluding steroid dienone is 4. The maximum Gasteiger partial charge on any atom is 0.167 e. The van der Waals surface area contributed by atoms with E-state index >= 15 is 0 Å². The Hall–Kier alpha value is -2.43. The number of likely N-dealkylation sites (tertiary alicyclic amines) is 1. The number of amidine groups is 1. The molecule has 3 unspecified atom stereocenters. The molecule has 1 saturated heterocycles. The highest BCUT2D eigenvalue weighted by atomic mass is 31.1. The Morgan fingerprint density at radius 2 is 2.06 bits per heavy atom. The fourth-order valence-electron chi connectivity index (χ4n) is 4.85. The zero-order chi connectivity index (χ0) is 21.8. The second kappa shape index (κ2) is 9.80. The predicted octanol–water partition coefficient (Wildman–Crippen LogP) is 2.56. The van der Waals surface area contributed by atoms with Crippen molar-refractivity contribution in [2.75, 3.05) is 38.6 Å². The Kier molecular flexibility index (Phi) is 6.89. The number of hydrogen-bond acceptors (Lipinski definition) is 5. The highest BCUT2D eigenvalue weighted by molar-refractivity contribution is 7.52. The third-order valence-corrected chi connectivity index (χ3v) is 7.66. The molecule has 1 aromatic rings. The summed E-state index contributed by atoms with van der Waals surface area (Å²) in [5.74, 6) is 0.988. The van der Waals surface area contributed by atoms with Crippen molar-refractivity contribution in [3.63, 3.8) is 0 Å². The van der Waals surface area contributed by atoms with Crippen LogP contribution < -0.4 is 21.4 Å². The second-order valence-corrected chi connectivity index (χ2v) is 9.89. The molecule has 1 fully saturated rings. The lowest BCUT2D eigenvalue weighted by molar-refractivity contribution is -0.105. The van der Waals surface area contributed by atoms with Crippen molar-refractivity contribution in [1.82, 2.24) is 10.3 Å². The monoisotopic (exact) mass is 437 g/mol. The van der Waals surface area contributed by atoms with E-state index in [0.29, 0.717) is 20.3 Å². The van der Waals surface area contributed by atoms with E-state index in [9.17, 15) is 4.79 Å². The summed E-state index contributed by atoms with van der Waals surface area (Å²) in [6.07, 6.45) is 11.2. The molecule has 2 heterocycles. The van der Waals surface area contributed by atoms with Crippen LogP contribution >= 0.6 is 8.58 Å². The van der Waals surface area contributed by atoms with E-state index in [1.165, 1.54) is 10.6 Å². The summed E-state index contributed by atoms with van der Waals surface area (Å²) >= 11 is 0. The Labute approximate surface area is 186 Å². The van der Waals surface area contributed by atoms with Crippen molar-refractivity contribution in [2.45, 2.75) is 19.3 Å². The molecule has 0 bridgehead atoms. The summed E-state index contributed by atoms with van der Waals surface area (Å²) in [6, 6.07) is 8.68. The largest absolute Gasteiger partial charge is 0.381 e. The molecular formula is C24H32N5OP. The molecule has 2 aliphatic heterocycles. The molecular weight excluding hydrogens is 405 g/mol. The molecule has 4 rings (SSSR count). The smallest absolute Gasteiger partial charge is 0.167 e. The fraction of sp³-hybridized carbons (Fsp3) is 0.417. The summed E-state index contributed by atoms with van der Waals surface area (Å²) in [4.78, 5) is 16.7. The number of hydrazone groups is 1. The van der Waals surface area contributed by atoms with E-state index in [-0.39, 0.29) is 5.92 Å². The van der Waals surface area contributed by atoms with E-state index < -0.39 is 0 Å². The fourth-order valence-corrected chi connectivity index (χ4v) is 5.97. The minimum atomic E-state index is 0.169. The Balaban J connectivity index is 1.61. The molecule has 0 aromatic heterocycles. The highest BCUT2D eigenvalue weighted by Gasteiger charge is 2.40. The van der Waals surface area contributed by atoms with E-state index in [1.54, 1.807) is 7.05 Å². The summed E-state index contributed by atoms with van der Waals surface area (Å²) in [7, 11) is 4.53. The molecule has 31 heavy (non-hydrogen) atoms. The van der Waals surface area contributed by atoms with Gasteiger partial charge < -0.3 is 21.0 Å². The lowest BCUT2D eigenvalue weighted by atomic mass is 9.86. The van der Waals surface area contributed by atoms with Gasteiger partial charge in [0.05, 0.1) is 5.70 Å². The van der Waals surface area contributed by atoms with Crippen LogP contribution in [0.25, 0.3) is 0 Å². The van der Waals surface area contributed by atoms with E-state index in [1.807, 2.05) is 0 Å². The summed E-state index contributed by atoms with van der Waals surface area (Å²) in [6.45, 7) is 2.84. The van der Waals surface area contributed by atoms with Crippen LogP contribution in [0.5, 0.6) is 0 Å². The number of benzene rings is 1. The predicted molar refractivity (Wildman–Crippen MR) is 131 cm³/mol.